The van der Waals surface area contributed by atoms with Crippen LogP contribution in [-0.2, 0) is 40.1 Å². The molecule has 10 N–H and O–H groups in total. The molecule has 0 radical (unpaired) electrons. The van der Waals surface area contributed by atoms with Crippen molar-refractivity contribution in [1.29, 1.82) is 0 Å². The molecule has 0 bridgehead atoms. The molecule has 0 amide bonds. The first kappa shape index (κ1) is 30.0. The number of aliphatic hydroxyl groups excluding tert-OH is 4. The Morgan fingerprint density at radius 1 is 1.08 bits per heavy atom. The van der Waals surface area contributed by atoms with Crippen molar-refractivity contribution in [3.63, 3.8) is 0 Å². The molecule has 1 aliphatic heterocycles. The summed E-state index contributed by atoms with van der Waals surface area (Å²) in [7, 11) is 0. The van der Waals surface area contributed by atoms with Gasteiger partial charge in [-0.25, -0.2) is 4.39 Å². The average Bonchev–Trinajstić information content (AvgIpc) is 2.50. The molecule has 0 aromatic heterocycles. The smallest absolute Gasteiger partial charge is 0.546 e. The molecule has 26 heavy (non-hydrogen) atoms. The summed E-state index contributed by atoms with van der Waals surface area (Å²) in [6.45, 7) is -1.11. The van der Waals surface area contributed by atoms with Crippen molar-refractivity contribution in [3.8, 4) is 0 Å². The number of carboxylic acids is 2. The maximum Gasteiger partial charge on any atom is 2.00 e. The monoisotopic (exact) mass is 569 g/mol. The number of ether oxygens (including phenoxy) is 2. The molecular formula is C12H23FN2O10Pt. The van der Waals surface area contributed by atoms with Gasteiger partial charge in [-0.2, -0.15) is 0 Å². The van der Waals surface area contributed by atoms with E-state index in [-0.39, 0.29) is 33.4 Å². The van der Waals surface area contributed by atoms with Crippen molar-refractivity contribution in [3.05, 3.63) is 0 Å². The molecule has 158 valence electrons. The van der Waals surface area contributed by atoms with Crippen molar-refractivity contribution in [1.82, 2.24) is 12.3 Å². The zero-order valence-corrected chi connectivity index (χ0v) is 15.8. The van der Waals surface area contributed by atoms with E-state index in [0.29, 0.717) is 0 Å². The topological polar surface area (TPSA) is 250 Å². The largest absolute Gasteiger partial charge is 2.00 e. The maximum absolute atomic E-state index is 13.5. The number of alkyl halides is 1. The van der Waals surface area contributed by atoms with Crippen LogP contribution < -0.4 is 22.5 Å². The first-order valence-corrected chi connectivity index (χ1v) is 6.69. The predicted molar refractivity (Wildman–Crippen MR) is 72.9 cm³/mol. The number of hydrogen-bond acceptors (Lipinski definition) is 12. The number of aliphatic carboxylic acids is 2. The van der Waals surface area contributed by atoms with Crippen LogP contribution in [0, 0.1) is 0 Å². The molecule has 0 aliphatic carbocycles. The summed E-state index contributed by atoms with van der Waals surface area (Å²) in [4.78, 5) is 20.9. The van der Waals surface area contributed by atoms with Crippen molar-refractivity contribution >= 4 is 11.9 Å². The van der Waals surface area contributed by atoms with Gasteiger partial charge in [0, 0.05) is 0 Å². The fourth-order valence-electron chi connectivity index (χ4n) is 2.01. The number of hydrogen-bond donors (Lipinski definition) is 6. The minimum absolute atomic E-state index is 0. The van der Waals surface area contributed by atoms with Crippen LogP contribution in [0.1, 0.15) is 12.8 Å². The van der Waals surface area contributed by atoms with Gasteiger partial charge in [-0.15, -0.1) is 0 Å². The van der Waals surface area contributed by atoms with Crippen molar-refractivity contribution < 1.29 is 75.2 Å². The number of carbonyl (C=O) groups is 2. The van der Waals surface area contributed by atoms with E-state index in [1.807, 2.05) is 0 Å². The van der Waals surface area contributed by atoms with Crippen LogP contribution in [0.15, 0.2) is 0 Å². The Labute approximate surface area is 162 Å². The molecular weight excluding hydrogens is 546 g/mol. The number of aliphatic hydroxyl groups is 4. The molecule has 1 saturated heterocycles. The van der Waals surface area contributed by atoms with Crippen LogP contribution in [-0.4, -0.2) is 82.0 Å². The second kappa shape index (κ2) is 12.6. The summed E-state index contributed by atoms with van der Waals surface area (Å²) in [5, 5.41) is 58.6. The Balaban J connectivity index is -0.00000176. The molecule has 5 atom stereocenters. The maximum atomic E-state index is 13.5. The predicted octanol–water partition coefficient (Wildman–Crippen LogP) is -4.89. The van der Waals surface area contributed by atoms with Gasteiger partial charge in [-0.1, -0.05) is 0 Å². The minimum Gasteiger partial charge on any atom is -0.546 e. The fraction of sp³-hybridized carbons (Fsp3) is 0.833. The summed E-state index contributed by atoms with van der Waals surface area (Å²) in [5.41, 5.74) is -3.68. The van der Waals surface area contributed by atoms with Gasteiger partial charge in [-0.05, 0) is 12.8 Å². The summed E-state index contributed by atoms with van der Waals surface area (Å²) in [6.07, 6.45) is -9.02. The Bertz CT molecular complexity index is 430. The second-order valence-corrected chi connectivity index (χ2v) is 5.05. The van der Waals surface area contributed by atoms with E-state index in [2.05, 4.69) is 0 Å². The van der Waals surface area contributed by atoms with Gasteiger partial charge in [-0.3, -0.25) is 0 Å². The van der Waals surface area contributed by atoms with E-state index < -0.39 is 74.4 Å². The SMILES string of the molecule is N.N.O=C([O-])C(F)(CCCOC1O[C@H](CO)[C@@H](O)[C@H](O)[C@@H]1O)C(=O)[O-].[Pt+2]. The van der Waals surface area contributed by atoms with Crippen molar-refractivity contribution in [2.24, 2.45) is 0 Å². The summed E-state index contributed by atoms with van der Waals surface area (Å²) in [5.74, 6) is -4.91. The van der Waals surface area contributed by atoms with Gasteiger partial charge in [0.1, 0.15) is 24.4 Å². The molecule has 1 rings (SSSR count). The number of halogens is 1. The van der Waals surface area contributed by atoms with E-state index in [1.165, 1.54) is 0 Å². The Morgan fingerprint density at radius 3 is 2.00 bits per heavy atom. The zero-order valence-electron chi connectivity index (χ0n) is 13.6. The molecule has 0 aromatic rings. The molecule has 0 aromatic carbocycles. The van der Waals surface area contributed by atoms with Gasteiger partial charge in [0.2, 0.25) is 0 Å². The van der Waals surface area contributed by atoms with E-state index in [4.69, 9.17) is 14.6 Å². The van der Waals surface area contributed by atoms with E-state index >= 15 is 0 Å². The molecule has 1 unspecified atom stereocenters. The molecule has 1 fully saturated rings. The van der Waals surface area contributed by atoms with Crippen LogP contribution in [0.25, 0.3) is 0 Å². The summed E-state index contributed by atoms with van der Waals surface area (Å²) >= 11 is 0. The first-order valence-electron chi connectivity index (χ1n) is 6.69. The van der Waals surface area contributed by atoms with Crippen LogP contribution >= 0.6 is 0 Å². The molecule has 0 spiro atoms. The molecule has 12 nitrogen and oxygen atoms in total. The first-order chi connectivity index (χ1) is 10.6. The van der Waals surface area contributed by atoms with Crippen LogP contribution in [0.3, 0.4) is 0 Å². The van der Waals surface area contributed by atoms with E-state index in [0.717, 1.165) is 0 Å². The standard InChI is InChI=1S/C12H19FO10.2H3N.Pt/c13-12(10(18)19,11(20)21)2-1-3-22-9-8(17)7(16)6(15)5(4-14)23-9;;;/h5-9,14-17H,1-4H2,(H,18,19)(H,20,21);2*1H3;/q;;;+2/p-2/t5-,6-,7+,8+,9?;;;/m1.../s1. The normalized spacial score (nSPS) is 28.1. The Morgan fingerprint density at radius 2 is 1.58 bits per heavy atom. The third-order valence-corrected chi connectivity index (χ3v) is 3.44. The molecule has 1 heterocycles. The van der Waals surface area contributed by atoms with Gasteiger partial charge >= 0.3 is 21.1 Å². The molecule has 14 heteroatoms. The zero-order chi connectivity index (χ0) is 17.8. The Kier molecular flexibility index (Phi) is 14.5. The third-order valence-electron chi connectivity index (χ3n) is 3.44. The van der Waals surface area contributed by atoms with Crippen molar-refractivity contribution in [2.75, 3.05) is 13.2 Å². The molecule has 1 aliphatic rings. The average molecular weight is 569 g/mol. The summed E-state index contributed by atoms with van der Waals surface area (Å²) < 4.78 is 23.5. The van der Waals surface area contributed by atoms with E-state index in [1.54, 1.807) is 0 Å². The minimum atomic E-state index is -3.68. The van der Waals surface area contributed by atoms with Gasteiger partial charge in [0.25, 0.3) is 0 Å². The quantitative estimate of drug-likeness (QED) is 0.119. The fourth-order valence-corrected chi connectivity index (χ4v) is 2.01. The van der Waals surface area contributed by atoms with Crippen LogP contribution in [0.4, 0.5) is 4.39 Å². The number of carboxylic acid groups (broad SMARTS) is 2. The summed E-state index contributed by atoms with van der Waals surface area (Å²) in [6, 6.07) is 0. The number of rotatable bonds is 8. The second-order valence-electron chi connectivity index (χ2n) is 5.05. The van der Waals surface area contributed by atoms with Gasteiger partial charge in [0.05, 0.1) is 25.2 Å². The Hall–Kier alpha value is -0.762. The van der Waals surface area contributed by atoms with Gasteiger partial charge < -0.3 is 62.0 Å². The van der Waals surface area contributed by atoms with Crippen LogP contribution in [0.5, 0.6) is 0 Å². The molecule has 0 saturated carbocycles. The third kappa shape index (κ3) is 6.76. The van der Waals surface area contributed by atoms with Gasteiger partial charge in [0.15, 0.2) is 12.0 Å². The van der Waals surface area contributed by atoms with E-state index in [9.17, 15) is 39.5 Å². The van der Waals surface area contributed by atoms with Crippen molar-refractivity contribution in [2.45, 2.75) is 49.2 Å². The number of carbonyl (C=O) groups excluding carboxylic acids is 2. The van der Waals surface area contributed by atoms with Crippen LogP contribution in [0.2, 0.25) is 0 Å².